The summed E-state index contributed by atoms with van der Waals surface area (Å²) in [5.41, 5.74) is 0.787. The number of aliphatic carboxylic acids is 1. The van der Waals surface area contributed by atoms with Gasteiger partial charge in [-0.2, -0.15) is 0 Å². The number of carbonyl (C=O) groups is 1. The van der Waals surface area contributed by atoms with E-state index in [-0.39, 0.29) is 6.10 Å². The highest BCUT2D eigenvalue weighted by Crippen LogP contribution is 2.16. The van der Waals surface area contributed by atoms with Crippen molar-refractivity contribution in [1.29, 1.82) is 0 Å². The molecule has 0 saturated heterocycles. The van der Waals surface area contributed by atoms with Gasteiger partial charge in [-0.05, 0) is 30.7 Å². The molecule has 0 bridgehead atoms. The zero-order valence-electron chi connectivity index (χ0n) is 9.92. The van der Waals surface area contributed by atoms with Crippen LogP contribution in [0.3, 0.4) is 0 Å². The molecule has 1 aromatic carbocycles. The summed E-state index contributed by atoms with van der Waals surface area (Å²) in [6.07, 6.45) is 2.58. The average Bonchev–Trinajstić information content (AvgIpc) is 2.27. The van der Waals surface area contributed by atoms with Crippen LogP contribution in [0.2, 0.25) is 0 Å². The van der Waals surface area contributed by atoms with Gasteiger partial charge in [0.25, 0.3) is 0 Å². The first-order valence-electron chi connectivity index (χ1n) is 5.28. The molecule has 0 aliphatic heterocycles. The molecule has 0 aromatic heterocycles. The lowest BCUT2D eigenvalue weighted by Crippen LogP contribution is -2.17. The minimum atomic E-state index is -0.968. The van der Waals surface area contributed by atoms with Gasteiger partial charge in [-0.1, -0.05) is 12.1 Å². The van der Waals surface area contributed by atoms with Crippen LogP contribution in [0.25, 0.3) is 6.08 Å². The van der Waals surface area contributed by atoms with E-state index in [0.717, 1.165) is 11.6 Å². The van der Waals surface area contributed by atoms with Gasteiger partial charge in [0.1, 0.15) is 11.9 Å². The molecule has 0 aliphatic rings. The Morgan fingerprint density at radius 2 is 2.29 bits per heavy atom. The van der Waals surface area contributed by atoms with Crippen molar-refractivity contribution in [3.8, 4) is 5.75 Å². The molecule has 0 amide bonds. The molecule has 0 saturated carbocycles. The van der Waals surface area contributed by atoms with Crippen LogP contribution >= 0.6 is 0 Å². The van der Waals surface area contributed by atoms with E-state index in [2.05, 4.69) is 0 Å². The lowest BCUT2D eigenvalue weighted by Gasteiger charge is -2.13. The Morgan fingerprint density at radius 1 is 1.53 bits per heavy atom. The van der Waals surface area contributed by atoms with Crippen LogP contribution in [0.5, 0.6) is 5.75 Å². The Hall–Kier alpha value is -1.81. The van der Waals surface area contributed by atoms with E-state index in [4.69, 9.17) is 14.6 Å². The van der Waals surface area contributed by atoms with Crippen LogP contribution in [0.4, 0.5) is 0 Å². The van der Waals surface area contributed by atoms with Gasteiger partial charge in [-0.3, -0.25) is 0 Å². The van der Waals surface area contributed by atoms with Crippen LogP contribution < -0.4 is 4.74 Å². The van der Waals surface area contributed by atoms with Crippen LogP contribution in [-0.2, 0) is 9.53 Å². The molecular weight excluding hydrogens is 220 g/mol. The summed E-state index contributed by atoms with van der Waals surface area (Å²) in [7, 11) is 1.62. The first-order chi connectivity index (χ1) is 8.11. The van der Waals surface area contributed by atoms with E-state index in [1.54, 1.807) is 13.2 Å². The molecule has 0 spiro atoms. The number of rotatable bonds is 6. The SMILES string of the molecule is COCC(C)Oc1cccc(C=CC(=O)O)c1. The highest BCUT2D eigenvalue weighted by atomic mass is 16.5. The minimum Gasteiger partial charge on any atom is -0.488 e. The Morgan fingerprint density at radius 3 is 2.94 bits per heavy atom. The Kier molecular flexibility index (Phi) is 5.23. The monoisotopic (exact) mass is 236 g/mol. The number of carboxylic acid groups (broad SMARTS) is 1. The fourth-order valence-electron chi connectivity index (χ4n) is 1.36. The molecular formula is C13H16O4. The van der Waals surface area contributed by atoms with E-state index < -0.39 is 5.97 Å². The van der Waals surface area contributed by atoms with Crippen molar-refractivity contribution in [3.63, 3.8) is 0 Å². The Labute approximate surface area is 100 Å². The summed E-state index contributed by atoms with van der Waals surface area (Å²) < 4.78 is 10.6. The number of hydrogen-bond donors (Lipinski definition) is 1. The smallest absolute Gasteiger partial charge is 0.328 e. The molecule has 1 N–H and O–H groups in total. The summed E-state index contributed by atoms with van der Waals surface area (Å²) in [4.78, 5) is 10.4. The summed E-state index contributed by atoms with van der Waals surface area (Å²) in [6, 6.07) is 7.24. The lowest BCUT2D eigenvalue weighted by molar-refractivity contribution is -0.131. The molecule has 0 aliphatic carbocycles. The summed E-state index contributed by atoms with van der Waals surface area (Å²) >= 11 is 0. The molecule has 17 heavy (non-hydrogen) atoms. The second kappa shape index (κ2) is 6.70. The van der Waals surface area contributed by atoms with E-state index in [1.165, 1.54) is 6.08 Å². The van der Waals surface area contributed by atoms with Gasteiger partial charge in [0, 0.05) is 13.2 Å². The maximum Gasteiger partial charge on any atom is 0.328 e. The van der Waals surface area contributed by atoms with E-state index in [0.29, 0.717) is 12.4 Å². The third kappa shape index (κ3) is 5.17. The van der Waals surface area contributed by atoms with Gasteiger partial charge in [-0.15, -0.1) is 0 Å². The fraction of sp³-hybridized carbons (Fsp3) is 0.308. The van der Waals surface area contributed by atoms with Crippen LogP contribution in [0.15, 0.2) is 30.3 Å². The molecule has 4 nitrogen and oxygen atoms in total. The lowest BCUT2D eigenvalue weighted by atomic mass is 10.2. The predicted molar refractivity (Wildman–Crippen MR) is 65.1 cm³/mol. The fourth-order valence-corrected chi connectivity index (χ4v) is 1.36. The predicted octanol–water partition coefficient (Wildman–Crippen LogP) is 2.20. The summed E-state index contributed by atoms with van der Waals surface area (Å²) in [5, 5.41) is 8.52. The zero-order chi connectivity index (χ0) is 12.7. The first-order valence-corrected chi connectivity index (χ1v) is 5.28. The largest absolute Gasteiger partial charge is 0.488 e. The maximum atomic E-state index is 10.4. The number of ether oxygens (including phenoxy) is 2. The molecule has 0 fully saturated rings. The van der Waals surface area contributed by atoms with Gasteiger partial charge in [-0.25, -0.2) is 4.79 Å². The van der Waals surface area contributed by atoms with Crippen molar-refractivity contribution in [2.24, 2.45) is 0 Å². The molecule has 1 atom stereocenters. The van der Waals surface area contributed by atoms with Gasteiger partial charge < -0.3 is 14.6 Å². The first kappa shape index (κ1) is 13.3. The van der Waals surface area contributed by atoms with Gasteiger partial charge in [0.2, 0.25) is 0 Å². The molecule has 1 aromatic rings. The van der Waals surface area contributed by atoms with E-state index >= 15 is 0 Å². The van der Waals surface area contributed by atoms with Crippen molar-refractivity contribution in [2.45, 2.75) is 13.0 Å². The van der Waals surface area contributed by atoms with Crippen molar-refractivity contribution < 1.29 is 19.4 Å². The van der Waals surface area contributed by atoms with Crippen molar-refractivity contribution in [2.75, 3.05) is 13.7 Å². The Bertz CT molecular complexity index is 398. The standard InChI is InChI=1S/C13H16O4/c1-10(9-16-2)17-12-5-3-4-11(8-12)6-7-13(14)15/h3-8,10H,9H2,1-2H3,(H,14,15). The van der Waals surface area contributed by atoms with Crippen LogP contribution in [-0.4, -0.2) is 30.9 Å². The van der Waals surface area contributed by atoms with E-state index in [1.807, 2.05) is 25.1 Å². The highest BCUT2D eigenvalue weighted by Gasteiger charge is 2.03. The van der Waals surface area contributed by atoms with Gasteiger partial charge in [0.05, 0.1) is 6.61 Å². The summed E-state index contributed by atoms with van der Waals surface area (Å²) in [6.45, 7) is 2.42. The number of methoxy groups -OCH3 is 1. The number of hydrogen-bond acceptors (Lipinski definition) is 3. The summed E-state index contributed by atoms with van der Waals surface area (Å²) in [5.74, 6) is -0.272. The van der Waals surface area contributed by atoms with Crippen molar-refractivity contribution in [3.05, 3.63) is 35.9 Å². The third-order valence-corrected chi connectivity index (χ3v) is 2.02. The topological polar surface area (TPSA) is 55.8 Å². The molecule has 0 heterocycles. The quantitative estimate of drug-likeness (QED) is 0.769. The second-order valence-electron chi connectivity index (χ2n) is 3.63. The molecule has 1 rings (SSSR count). The van der Waals surface area contributed by atoms with E-state index in [9.17, 15) is 4.79 Å². The minimum absolute atomic E-state index is 0.0429. The number of carboxylic acids is 1. The van der Waals surface area contributed by atoms with Crippen molar-refractivity contribution >= 4 is 12.0 Å². The number of benzene rings is 1. The van der Waals surface area contributed by atoms with Gasteiger partial charge in [0.15, 0.2) is 0 Å². The zero-order valence-corrected chi connectivity index (χ0v) is 9.92. The Balaban J connectivity index is 2.68. The highest BCUT2D eigenvalue weighted by molar-refractivity contribution is 5.85. The average molecular weight is 236 g/mol. The van der Waals surface area contributed by atoms with Crippen molar-refractivity contribution in [1.82, 2.24) is 0 Å². The maximum absolute atomic E-state index is 10.4. The van der Waals surface area contributed by atoms with Gasteiger partial charge >= 0.3 is 5.97 Å². The molecule has 4 heteroatoms. The molecule has 92 valence electrons. The second-order valence-corrected chi connectivity index (χ2v) is 3.63. The molecule has 1 unspecified atom stereocenters. The molecule has 0 radical (unpaired) electrons. The van der Waals surface area contributed by atoms with Crippen LogP contribution in [0.1, 0.15) is 12.5 Å². The van der Waals surface area contributed by atoms with Crippen LogP contribution in [0, 0.1) is 0 Å². The normalized spacial score (nSPS) is 12.6. The third-order valence-electron chi connectivity index (χ3n) is 2.02.